The molecule has 0 radical (unpaired) electrons. The number of likely N-dealkylation sites (N-methyl/N-ethyl adjacent to an activating group) is 1. The van der Waals surface area contributed by atoms with Crippen molar-refractivity contribution in [2.45, 2.75) is 13.8 Å². The lowest BCUT2D eigenvalue weighted by atomic mass is 10.2. The molecular formula is C10H25N3. The van der Waals surface area contributed by atoms with Gasteiger partial charge >= 0.3 is 0 Å². The zero-order valence-electron chi connectivity index (χ0n) is 9.58. The lowest BCUT2D eigenvalue weighted by Crippen LogP contribution is -2.37. The molecule has 0 heterocycles. The van der Waals surface area contributed by atoms with E-state index in [4.69, 9.17) is 5.73 Å². The normalized spacial score (nSPS) is 12.0. The Morgan fingerprint density at radius 1 is 1.08 bits per heavy atom. The van der Waals surface area contributed by atoms with Crippen LogP contribution in [0.15, 0.2) is 0 Å². The first-order chi connectivity index (χ1) is 6.06. The van der Waals surface area contributed by atoms with Crippen LogP contribution >= 0.6 is 0 Å². The third-order valence-electron chi connectivity index (χ3n) is 1.93. The quantitative estimate of drug-likeness (QED) is 0.629. The Balaban J connectivity index is 3.66. The summed E-state index contributed by atoms with van der Waals surface area (Å²) in [5, 5.41) is 0. The summed E-state index contributed by atoms with van der Waals surface area (Å²) >= 11 is 0. The fraction of sp³-hybridized carbons (Fsp3) is 1.00. The van der Waals surface area contributed by atoms with Crippen LogP contribution in [0.5, 0.6) is 0 Å². The molecule has 0 aromatic rings. The first kappa shape index (κ1) is 12.9. The van der Waals surface area contributed by atoms with E-state index in [1.165, 1.54) is 0 Å². The fourth-order valence-electron chi connectivity index (χ4n) is 1.33. The van der Waals surface area contributed by atoms with E-state index < -0.39 is 0 Å². The monoisotopic (exact) mass is 187 g/mol. The van der Waals surface area contributed by atoms with Crippen LogP contribution in [0.4, 0.5) is 0 Å². The Morgan fingerprint density at radius 2 is 1.69 bits per heavy atom. The number of nitrogens with two attached hydrogens (primary N) is 1. The van der Waals surface area contributed by atoms with Crippen LogP contribution in [0.25, 0.3) is 0 Å². The van der Waals surface area contributed by atoms with E-state index in [0.717, 1.165) is 38.6 Å². The standard InChI is InChI=1S/C10H25N3/c1-10(2)9-13(6-5-11)8-7-12(3)4/h10H,5-9,11H2,1-4H3. The maximum Gasteiger partial charge on any atom is 0.0110 e. The molecule has 0 bridgehead atoms. The summed E-state index contributed by atoms with van der Waals surface area (Å²) in [4.78, 5) is 4.65. The highest BCUT2D eigenvalue weighted by Gasteiger charge is 2.05. The number of nitrogens with zero attached hydrogens (tertiary/aromatic N) is 2. The van der Waals surface area contributed by atoms with Gasteiger partial charge in [0.1, 0.15) is 0 Å². The number of hydrogen-bond donors (Lipinski definition) is 1. The zero-order valence-corrected chi connectivity index (χ0v) is 9.58. The molecule has 0 spiro atoms. The topological polar surface area (TPSA) is 32.5 Å². The van der Waals surface area contributed by atoms with Crippen LogP contribution in [0.1, 0.15) is 13.8 Å². The predicted molar refractivity (Wildman–Crippen MR) is 58.9 cm³/mol. The maximum atomic E-state index is 5.56. The summed E-state index contributed by atoms with van der Waals surface area (Å²) in [6, 6.07) is 0. The first-order valence-corrected chi connectivity index (χ1v) is 5.13. The van der Waals surface area contributed by atoms with E-state index in [9.17, 15) is 0 Å². The van der Waals surface area contributed by atoms with E-state index in [0.29, 0.717) is 0 Å². The van der Waals surface area contributed by atoms with Crippen molar-refractivity contribution in [1.82, 2.24) is 9.80 Å². The molecule has 0 saturated heterocycles. The molecule has 0 aliphatic carbocycles. The van der Waals surface area contributed by atoms with Gasteiger partial charge in [-0.15, -0.1) is 0 Å². The average Bonchev–Trinajstić information content (AvgIpc) is 1.99. The maximum absolute atomic E-state index is 5.56. The van der Waals surface area contributed by atoms with Gasteiger partial charge < -0.3 is 15.5 Å². The van der Waals surface area contributed by atoms with Gasteiger partial charge in [-0.05, 0) is 20.0 Å². The van der Waals surface area contributed by atoms with Crippen molar-refractivity contribution in [3.8, 4) is 0 Å². The second-order valence-corrected chi connectivity index (χ2v) is 4.29. The smallest absolute Gasteiger partial charge is 0.0110 e. The molecule has 0 aliphatic heterocycles. The predicted octanol–water partition coefficient (Wildman–Crippen LogP) is 0.465. The van der Waals surface area contributed by atoms with Gasteiger partial charge in [-0.1, -0.05) is 13.8 Å². The molecular weight excluding hydrogens is 162 g/mol. The van der Waals surface area contributed by atoms with Crippen LogP contribution in [-0.2, 0) is 0 Å². The third-order valence-corrected chi connectivity index (χ3v) is 1.93. The van der Waals surface area contributed by atoms with E-state index >= 15 is 0 Å². The van der Waals surface area contributed by atoms with Crippen molar-refractivity contribution >= 4 is 0 Å². The number of rotatable bonds is 7. The van der Waals surface area contributed by atoms with Crippen molar-refractivity contribution in [2.24, 2.45) is 11.7 Å². The molecule has 3 heteroatoms. The molecule has 2 N–H and O–H groups in total. The molecule has 0 unspecified atom stereocenters. The van der Waals surface area contributed by atoms with Crippen molar-refractivity contribution in [3.63, 3.8) is 0 Å². The highest BCUT2D eigenvalue weighted by Crippen LogP contribution is 1.97. The van der Waals surface area contributed by atoms with Gasteiger partial charge in [0.05, 0.1) is 0 Å². The van der Waals surface area contributed by atoms with E-state index in [1.54, 1.807) is 0 Å². The van der Waals surface area contributed by atoms with Crippen molar-refractivity contribution in [2.75, 3.05) is 46.8 Å². The minimum atomic E-state index is 0.730. The van der Waals surface area contributed by atoms with Crippen LogP contribution < -0.4 is 5.73 Å². The molecule has 0 aliphatic rings. The van der Waals surface area contributed by atoms with E-state index in [1.807, 2.05) is 0 Å². The van der Waals surface area contributed by atoms with E-state index in [2.05, 4.69) is 37.7 Å². The summed E-state index contributed by atoms with van der Waals surface area (Å²) in [6.07, 6.45) is 0. The molecule has 0 fully saturated rings. The highest BCUT2D eigenvalue weighted by molar-refractivity contribution is 4.62. The summed E-state index contributed by atoms with van der Waals surface area (Å²) in [5.74, 6) is 0.730. The fourth-order valence-corrected chi connectivity index (χ4v) is 1.33. The highest BCUT2D eigenvalue weighted by atomic mass is 15.2. The SMILES string of the molecule is CC(C)CN(CCN)CCN(C)C. The molecule has 80 valence electrons. The van der Waals surface area contributed by atoms with Crippen molar-refractivity contribution < 1.29 is 0 Å². The minimum absolute atomic E-state index is 0.730. The Bertz CT molecular complexity index is 113. The summed E-state index contributed by atoms with van der Waals surface area (Å²) in [7, 11) is 4.21. The van der Waals surface area contributed by atoms with Gasteiger partial charge in [0.2, 0.25) is 0 Å². The van der Waals surface area contributed by atoms with Gasteiger partial charge in [0.25, 0.3) is 0 Å². The molecule has 0 amide bonds. The molecule has 0 aromatic carbocycles. The lowest BCUT2D eigenvalue weighted by molar-refractivity contribution is 0.224. The van der Waals surface area contributed by atoms with Gasteiger partial charge in [-0.25, -0.2) is 0 Å². The Morgan fingerprint density at radius 3 is 2.08 bits per heavy atom. The van der Waals surface area contributed by atoms with Gasteiger partial charge in [0, 0.05) is 32.7 Å². The van der Waals surface area contributed by atoms with Crippen molar-refractivity contribution in [3.05, 3.63) is 0 Å². The second-order valence-electron chi connectivity index (χ2n) is 4.29. The van der Waals surface area contributed by atoms with Crippen molar-refractivity contribution in [1.29, 1.82) is 0 Å². The second kappa shape index (κ2) is 7.30. The summed E-state index contributed by atoms with van der Waals surface area (Å²) in [6.45, 7) is 9.69. The molecule has 0 aromatic heterocycles. The largest absolute Gasteiger partial charge is 0.329 e. The summed E-state index contributed by atoms with van der Waals surface area (Å²) < 4.78 is 0. The van der Waals surface area contributed by atoms with Gasteiger partial charge in [-0.2, -0.15) is 0 Å². The Hall–Kier alpha value is -0.120. The first-order valence-electron chi connectivity index (χ1n) is 5.13. The number of hydrogen-bond acceptors (Lipinski definition) is 3. The molecule has 0 saturated carbocycles. The molecule has 0 atom stereocenters. The van der Waals surface area contributed by atoms with Crippen LogP contribution in [0.3, 0.4) is 0 Å². The van der Waals surface area contributed by atoms with E-state index in [-0.39, 0.29) is 0 Å². The average molecular weight is 187 g/mol. The molecule has 0 rings (SSSR count). The molecule has 3 nitrogen and oxygen atoms in total. The lowest BCUT2D eigenvalue weighted by Gasteiger charge is -2.25. The van der Waals surface area contributed by atoms with Crippen LogP contribution in [0, 0.1) is 5.92 Å². The molecule has 13 heavy (non-hydrogen) atoms. The van der Waals surface area contributed by atoms with Crippen LogP contribution in [-0.4, -0.2) is 56.6 Å². The van der Waals surface area contributed by atoms with Gasteiger partial charge in [0.15, 0.2) is 0 Å². The third kappa shape index (κ3) is 8.22. The Labute approximate surface area is 82.9 Å². The zero-order chi connectivity index (χ0) is 10.3. The Kier molecular flexibility index (Phi) is 7.23. The summed E-state index contributed by atoms with van der Waals surface area (Å²) in [5.41, 5.74) is 5.56. The van der Waals surface area contributed by atoms with Gasteiger partial charge in [-0.3, -0.25) is 0 Å². The minimum Gasteiger partial charge on any atom is -0.329 e. The van der Waals surface area contributed by atoms with Crippen LogP contribution in [0.2, 0.25) is 0 Å².